The molecular weight excluding hydrogens is 712 g/mol. The van der Waals surface area contributed by atoms with Crippen molar-refractivity contribution in [1.29, 1.82) is 0 Å². The van der Waals surface area contributed by atoms with Crippen LogP contribution in [0.15, 0.2) is 27.2 Å². The fraction of sp³-hybridized carbons (Fsp3) is 0.500. The molecule has 8 N–H and O–H groups in total. The van der Waals surface area contributed by atoms with E-state index in [1.807, 2.05) is 0 Å². The lowest BCUT2D eigenvalue weighted by Gasteiger charge is -2.24. The van der Waals surface area contributed by atoms with Gasteiger partial charge in [-0.15, -0.1) is 4.91 Å². The van der Waals surface area contributed by atoms with E-state index in [4.69, 9.17) is 34.5 Å². The molecule has 9 atom stereocenters. The molecule has 47 heavy (non-hydrogen) atoms. The van der Waals surface area contributed by atoms with E-state index in [1.54, 1.807) is 0 Å². The highest BCUT2D eigenvalue weighted by Crippen LogP contribution is 2.58. The SMILES string of the molecule is Nc1nc2c(ncn2[C@@H]2O[C@H](COP(=O)(S)N=O)[C@@H](O[P@](=O)(S)OC[C@@H]3C[C@@H](O)[C@H](n4cnc5c(=O)[nH]c(N)nc54)O3)[C@H]2O)c(=O)[nH]1. The highest BCUT2D eigenvalue weighted by Gasteiger charge is 2.50. The van der Waals surface area contributed by atoms with E-state index in [9.17, 15) is 33.8 Å². The van der Waals surface area contributed by atoms with Gasteiger partial charge in [0.05, 0.1) is 32.0 Å². The number of aromatic nitrogens is 8. The number of aromatic amines is 2. The summed E-state index contributed by atoms with van der Waals surface area (Å²) in [7, 11) is 0. The van der Waals surface area contributed by atoms with Gasteiger partial charge in [-0.3, -0.25) is 46.8 Å². The van der Waals surface area contributed by atoms with Crippen LogP contribution in [0.2, 0.25) is 0 Å². The molecule has 2 aliphatic rings. The molecule has 6 heterocycles. The van der Waals surface area contributed by atoms with Gasteiger partial charge in [-0.25, -0.2) is 14.5 Å². The summed E-state index contributed by atoms with van der Waals surface area (Å²) in [6, 6.07) is 0. The number of hydrogen-bond donors (Lipinski definition) is 8. The smallest absolute Gasteiger partial charge is 0.388 e. The molecule has 4 aromatic rings. The molecule has 0 aromatic carbocycles. The summed E-state index contributed by atoms with van der Waals surface area (Å²) in [4.78, 5) is 58.1. The maximum atomic E-state index is 13.4. The minimum Gasteiger partial charge on any atom is -0.388 e. The third-order valence-electron chi connectivity index (χ3n) is 7.11. The fourth-order valence-corrected chi connectivity index (χ4v) is 7.21. The van der Waals surface area contributed by atoms with E-state index in [2.05, 4.69) is 59.3 Å². The van der Waals surface area contributed by atoms with Gasteiger partial charge in [0, 0.05) is 11.4 Å². The zero-order valence-electron chi connectivity index (χ0n) is 23.4. The van der Waals surface area contributed by atoms with Crippen molar-refractivity contribution >= 4 is 72.2 Å². The number of rotatable bonds is 11. The van der Waals surface area contributed by atoms with Crippen molar-refractivity contribution in [2.45, 2.75) is 49.4 Å². The predicted octanol–water partition coefficient (Wildman–Crippen LogP) is -0.416. The first-order valence-corrected chi connectivity index (χ1v) is 18.7. The average Bonchev–Trinajstić information content (AvgIpc) is 3.76. The van der Waals surface area contributed by atoms with Crippen LogP contribution in [-0.4, -0.2) is 93.0 Å². The standard InChI is InChI=1S/C20H25N11O12P2S2/c21-19-25-13-9(15(34)27-19)23-4-30(13)17-7(32)1-6(41-17)2-40-45(38,47)43-12-8(3-39-44(37,46)29-36)42-18(11(12)33)31-5-24-10-14(31)26-20(22)28-16(10)35/h4-8,11-12,17-18,32-33H,1-3H2,(H,37,46)(H,38,47)(H3,21,25,27,34)(H3,22,26,28,35)/t6-,7+,8+,11+,12+,17+,18+,44?,45+/m0/s1. The molecule has 27 heteroatoms. The van der Waals surface area contributed by atoms with Crippen LogP contribution in [0.1, 0.15) is 18.9 Å². The minimum atomic E-state index is -4.40. The van der Waals surface area contributed by atoms with Crippen LogP contribution in [0.4, 0.5) is 11.9 Å². The molecule has 254 valence electrons. The summed E-state index contributed by atoms with van der Waals surface area (Å²) in [5, 5.41) is 21.9. The number of ether oxygens (including phenoxy) is 2. The van der Waals surface area contributed by atoms with Crippen LogP contribution in [0, 0.1) is 4.91 Å². The van der Waals surface area contributed by atoms with Crippen molar-refractivity contribution in [1.82, 2.24) is 39.0 Å². The number of hydrogen-bond acceptors (Lipinski definition) is 18. The number of aliphatic hydroxyl groups is 2. The van der Waals surface area contributed by atoms with Crippen LogP contribution in [-0.2, 0) is 32.2 Å². The van der Waals surface area contributed by atoms with Gasteiger partial charge in [-0.05, 0) is 0 Å². The molecule has 0 spiro atoms. The van der Waals surface area contributed by atoms with Gasteiger partial charge in [-0.2, -0.15) is 9.97 Å². The number of imidazole rings is 2. The summed E-state index contributed by atoms with van der Waals surface area (Å²) in [6.45, 7) is -9.83. The molecule has 0 bridgehead atoms. The monoisotopic (exact) mass is 737 g/mol. The molecule has 2 saturated heterocycles. The van der Waals surface area contributed by atoms with Crippen molar-refractivity contribution < 1.29 is 42.4 Å². The summed E-state index contributed by atoms with van der Waals surface area (Å²) >= 11 is 7.56. The summed E-state index contributed by atoms with van der Waals surface area (Å²) < 4.78 is 55.5. The Morgan fingerprint density at radius 3 is 2.11 bits per heavy atom. The Balaban J connectivity index is 1.18. The Labute approximate surface area is 270 Å². The zero-order valence-corrected chi connectivity index (χ0v) is 26.9. The summed E-state index contributed by atoms with van der Waals surface area (Å²) in [5.74, 6) is -0.439. The number of nitrogens with zero attached hydrogens (tertiary/aromatic N) is 7. The molecular formula is C20H25N11O12P2S2. The molecule has 23 nitrogen and oxygen atoms in total. The number of aliphatic hydroxyl groups excluding tert-OH is 2. The number of nitroso groups, excluding NO2 is 1. The first kappa shape index (κ1) is 33.7. The quantitative estimate of drug-likeness (QED) is 0.0550. The number of anilines is 2. The second-order valence-electron chi connectivity index (χ2n) is 10.3. The van der Waals surface area contributed by atoms with Crippen molar-refractivity contribution in [2.24, 2.45) is 4.95 Å². The normalized spacial score (nSPS) is 28.9. The molecule has 0 saturated carbocycles. The Morgan fingerprint density at radius 1 is 0.957 bits per heavy atom. The number of nitrogens with one attached hydrogen (secondary N) is 2. The van der Waals surface area contributed by atoms with Crippen LogP contribution < -0.4 is 22.6 Å². The second-order valence-corrected chi connectivity index (χ2v) is 16.1. The maximum Gasteiger partial charge on any atom is 0.405 e. The maximum absolute atomic E-state index is 13.4. The second kappa shape index (κ2) is 12.7. The van der Waals surface area contributed by atoms with Gasteiger partial charge in [0.15, 0.2) is 34.8 Å². The van der Waals surface area contributed by atoms with E-state index < -0.39 is 80.8 Å². The Morgan fingerprint density at radius 2 is 1.53 bits per heavy atom. The number of H-pyrrole nitrogens is 2. The third-order valence-corrected chi connectivity index (χ3v) is 9.98. The molecule has 1 unspecified atom stereocenters. The van der Waals surface area contributed by atoms with Gasteiger partial charge < -0.3 is 31.2 Å². The van der Waals surface area contributed by atoms with E-state index in [1.165, 1.54) is 10.9 Å². The Bertz CT molecular complexity index is 2060. The lowest BCUT2D eigenvalue weighted by Crippen LogP contribution is -2.35. The van der Waals surface area contributed by atoms with E-state index in [-0.39, 0.29) is 40.6 Å². The molecule has 2 fully saturated rings. The van der Waals surface area contributed by atoms with Crippen LogP contribution >= 0.6 is 38.0 Å². The Kier molecular flexibility index (Phi) is 9.08. The number of nitrogen functional groups attached to an aromatic ring is 2. The topological polar surface area (TPSA) is 329 Å². The van der Waals surface area contributed by atoms with Gasteiger partial charge in [0.25, 0.3) is 11.1 Å². The van der Waals surface area contributed by atoms with Gasteiger partial charge in [0.1, 0.15) is 24.4 Å². The zero-order chi connectivity index (χ0) is 33.8. The molecule has 0 radical (unpaired) electrons. The fourth-order valence-electron chi connectivity index (χ4n) is 5.12. The molecule has 6 rings (SSSR count). The molecule has 0 aliphatic carbocycles. The van der Waals surface area contributed by atoms with E-state index >= 15 is 0 Å². The predicted molar refractivity (Wildman–Crippen MR) is 165 cm³/mol. The Hall–Kier alpha value is -3.22. The van der Waals surface area contributed by atoms with E-state index in [0.717, 1.165) is 10.9 Å². The van der Waals surface area contributed by atoms with Gasteiger partial charge in [0.2, 0.25) is 11.9 Å². The first-order valence-electron chi connectivity index (χ1n) is 13.3. The highest BCUT2D eigenvalue weighted by atomic mass is 32.7. The molecule has 0 amide bonds. The summed E-state index contributed by atoms with van der Waals surface area (Å²) in [6.07, 6.45) is -6.87. The van der Waals surface area contributed by atoms with Crippen molar-refractivity contribution in [3.8, 4) is 0 Å². The van der Waals surface area contributed by atoms with Crippen molar-refractivity contribution in [3.05, 3.63) is 38.3 Å². The third kappa shape index (κ3) is 6.73. The van der Waals surface area contributed by atoms with Gasteiger partial charge in [-0.1, -0.05) is 24.5 Å². The van der Waals surface area contributed by atoms with Crippen LogP contribution in [0.3, 0.4) is 0 Å². The lowest BCUT2D eigenvalue weighted by molar-refractivity contribution is -0.0497. The average molecular weight is 738 g/mol. The molecule has 4 aromatic heterocycles. The lowest BCUT2D eigenvalue weighted by atomic mass is 10.1. The van der Waals surface area contributed by atoms with Crippen molar-refractivity contribution in [3.63, 3.8) is 0 Å². The summed E-state index contributed by atoms with van der Waals surface area (Å²) in [5.41, 5.74) is 9.80. The largest absolute Gasteiger partial charge is 0.405 e. The highest BCUT2D eigenvalue weighted by molar-refractivity contribution is 8.45. The molecule has 2 aliphatic heterocycles. The van der Waals surface area contributed by atoms with Crippen LogP contribution in [0.5, 0.6) is 0 Å². The first-order chi connectivity index (χ1) is 22.2. The minimum absolute atomic E-state index is 0.0244. The number of nitrogens with two attached hydrogens (primary N) is 2. The van der Waals surface area contributed by atoms with Gasteiger partial charge >= 0.3 is 13.5 Å². The number of thiol groups is 2. The number of fused-ring (bicyclic) bond motifs is 2. The van der Waals surface area contributed by atoms with E-state index in [0.29, 0.717) is 0 Å². The van der Waals surface area contributed by atoms with Crippen LogP contribution in [0.25, 0.3) is 22.3 Å². The van der Waals surface area contributed by atoms with Crippen molar-refractivity contribution in [2.75, 3.05) is 24.7 Å².